The van der Waals surface area contributed by atoms with Crippen molar-refractivity contribution in [3.05, 3.63) is 63.7 Å². The Bertz CT molecular complexity index is 1090. The minimum atomic E-state index is -0.0972. The van der Waals surface area contributed by atoms with Crippen molar-refractivity contribution in [1.29, 1.82) is 0 Å². The second kappa shape index (κ2) is 6.27. The SMILES string of the molecule is Cc1ccc(C(=O)c2sc(N=C3C=CC4=NC=NC4=C3)[nH+]c2N)c(C)c1. The second-order valence-electron chi connectivity index (χ2n) is 6.08. The summed E-state index contributed by atoms with van der Waals surface area (Å²) in [6.07, 6.45) is 7.08. The van der Waals surface area contributed by atoms with E-state index >= 15 is 0 Å². The van der Waals surface area contributed by atoms with Gasteiger partial charge in [0.25, 0.3) is 0 Å². The number of H-pyrrole nitrogens is 1. The quantitative estimate of drug-likeness (QED) is 0.671. The number of hydrogen-bond donors (Lipinski definition) is 1. The van der Waals surface area contributed by atoms with Crippen LogP contribution in [0.15, 0.2) is 57.1 Å². The number of carbonyl (C=O) groups is 1. The van der Waals surface area contributed by atoms with E-state index in [9.17, 15) is 4.79 Å². The van der Waals surface area contributed by atoms with Crippen LogP contribution in [-0.2, 0) is 0 Å². The zero-order valence-electron chi connectivity index (χ0n) is 14.3. The van der Waals surface area contributed by atoms with E-state index < -0.39 is 0 Å². The van der Waals surface area contributed by atoms with Crippen LogP contribution in [0.1, 0.15) is 26.4 Å². The van der Waals surface area contributed by atoms with Crippen LogP contribution in [0.2, 0.25) is 0 Å². The van der Waals surface area contributed by atoms with Crippen LogP contribution in [0, 0.1) is 13.8 Å². The number of nitrogens with one attached hydrogen (secondary N) is 1. The Hall–Kier alpha value is -3.19. The lowest BCUT2D eigenvalue weighted by Gasteiger charge is -2.03. The lowest BCUT2D eigenvalue weighted by atomic mass is 10.0. The number of ketones is 1. The summed E-state index contributed by atoms with van der Waals surface area (Å²) in [6, 6.07) is 5.75. The number of fused-ring (bicyclic) bond motifs is 1. The molecule has 0 amide bonds. The fraction of sp³-hybridized carbons (Fsp3) is 0.105. The van der Waals surface area contributed by atoms with Crippen LogP contribution in [0.3, 0.4) is 0 Å². The van der Waals surface area contributed by atoms with Gasteiger partial charge in [0.05, 0.1) is 11.4 Å². The average Bonchev–Trinajstić information content (AvgIpc) is 3.20. The largest absolute Gasteiger partial charge is 0.320 e. The molecule has 0 atom stereocenters. The Morgan fingerprint density at radius 2 is 2.12 bits per heavy atom. The van der Waals surface area contributed by atoms with Gasteiger partial charge >= 0.3 is 5.13 Å². The van der Waals surface area contributed by atoms with E-state index in [2.05, 4.69) is 20.0 Å². The highest BCUT2D eigenvalue weighted by molar-refractivity contribution is 7.17. The Kier molecular flexibility index (Phi) is 3.93. The second-order valence-corrected chi connectivity index (χ2v) is 7.08. The van der Waals surface area contributed by atoms with Crippen molar-refractivity contribution in [2.24, 2.45) is 15.0 Å². The molecular weight excluding hydrogens is 346 g/mol. The summed E-state index contributed by atoms with van der Waals surface area (Å²) >= 11 is 1.24. The summed E-state index contributed by atoms with van der Waals surface area (Å²) in [4.78, 5) is 29.1. The molecule has 0 fully saturated rings. The molecule has 0 saturated carbocycles. The van der Waals surface area contributed by atoms with Gasteiger partial charge in [0.2, 0.25) is 11.6 Å². The third-order valence-electron chi connectivity index (χ3n) is 4.10. The van der Waals surface area contributed by atoms with Gasteiger partial charge in [-0.05, 0) is 31.6 Å². The number of nitrogens with zero attached hydrogens (tertiary/aromatic N) is 3. The molecule has 0 unspecified atom stereocenters. The lowest BCUT2D eigenvalue weighted by molar-refractivity contribution is -0.338. The van der Waals surface area contributed by atoms with Crippen LogP contribution in [-0.4, -0.2) is 23.5 Å². The van der Waals surface area contributed by atoms with Crippen molar-refractivity contribution in [3.63, 3.8) is 0 Å². The number of nitrogens with two attached hydrogens (primary N) is 1. The zero-order chi connectivity index (χ0) is 18.3. The smallest absolute Gasteiger partial charge is 0.317 e. The van der Waals surface area contributed by atoms with Crippen molar-refractivity contribution in [2.75, 3.05) is 5.73 Å². The van der Waals surface area contributed by atoms with E-state index in [1.165, 1.54) is 17.7 Å². The maximum absolute atomic E-state index is 12.9. The summed E-state index contributed by atoms with van der Waals surface area (Å²) in [6.45, 7) is 3.93. The molecule has 7 heteroatoms. The molecule has 0 bridgehead atoms. The number of benzene rings is 1. The minimum absolute atomic E-state index is 0.0972. The Morgan fingerprint density at radius 3 is 2.92 bits per heavy atom. The summed E-state index contributed by atoms with van der Waals surface area (Å²) < 4.78 is 0. The van der Waals surface area contributed by atoms with Crippen LogP contribution < -0.4 is 10.7 Å². The molecule has 128 valence electrons. The summed E-state index contributed by atoms with van der Waals surface area (Å²) in [7, 11) is 0. The van der Waals surface area contributed by atoms with E-state index in [4.69, 9.17) is 5.73 Å². The molecular formula is C19H16N5OS+. The number of hydrogen-bond acceptors (Lipinski definition) is 6. The van der Waals surface area contributed by atoms with Gasteiger partial charge in [0.1, 0.15) is 12.1 Å². The minimum Gasteiger partial charge on any atom is -0.317 e. The Balaban J connectivity index is 1.66. The number of aliphatic imine (C=N–C) groups is 3. The van der Waals surface area contributed by atoms with E-state index in [1.54, 1.807) is 0 Å². The number of anilines is 1. The summed E-state index contributed by atoms with van der Waals surface area (Å²) in [5.41, 5.74) is 11.1. The first kappa shape index (κ1) is 16.3. The number of aryl methyl sites for hydroxylation is 2. The monoisotopic (exact) mass is 362 g/mol. The predicted molar refractivity (Wildman–Crippen MR) is 105 cm³/mol. The number of thiazole rings is 1. The van der Waals surface area contributed by atoms with Crippen LogP contribution in [0.25, 0.3) is 0 Å². The zero-order valence-corrected chi connectivity index (χ0v) is 15.1. The Labute approximate surface area is 154 Å². The number of allylic oxidation sites excluding steroid dienone is 3. The van der Waals surface area contributed by atoms with Crippen LogP contribution in [0.4, 0.5) is 10.9 Å². The first-order chi connectivity index (χ1) is 12.5. The summed E-state index contributed by atoms with van der Waals surface area (Å²) in [5, 5.41) is 0.564. The number of aromatic nitrogens is 1. The number of carbonyl (C=O) groups excluding carboxylic acids is 1. The first-order valence-corrected chi connectivity index (χ1v) is 8.85. The highest BCUT2D eigenvalue weighted by Gasteiger charge is 2.23. The van der Waals surface area contributed by atoms with Gasteiger partial charge in [0.15, 0.2) is 4.88 Å². The molecule has 4 rings (SSSR count). The molecule has 2 aliphatic rings. The van der Waals surface area contributed by atoms with Gasteiger partial charge in [-0.2, -0.15) is 0 Å². The molecule has 6 nitrogen and oxygen atoms in total. The van der Waals surface area contributed by atoms with E-state index in [1.807, 2.05) is 50.3 Å². The van der Waals surface area contributed by atoms with Gasteiger partial charge in [0, 0.05) is 11.6 Å². The molecule has 3 N–H and O–H groups in total. The van der Waals surface area contributed by atoms with Crippen molar-refractivity contribution in [2.45, 2.75) is 13.8 Å². The van der Waals surface area contributed by atoms with Gasteiger partial charge in [-0.3, -0.25) is 4.79 Å². The highest BCUT2D eigenvalue weighted by Crippen LogP contribution is 2.28. The molecule has 0 radical (unpaired) electrons. The maximum Gasteiger partial charge on any atom is 0.320 e. The maximum atomic E-state index is 12.9. The average molecular weight is 362 g/mol. The third-order valence-corrected chi connectivity index (χ3v) is 5.10. The topological polar surface area (TPSA) is 94.3 Å². The molecule has 2 heterocycles. The predicted octanol–water partition coefficient (Wildman–Crippen LogP) is 3.00. The number of aromatic amines is 1. The molecule has 0 spiro atoms. The van der Waals surface area contributed by atoms with E-state index in [0.29, 0.717) is 21.4 Å². The van der Waals surface area contributed by atoms with E-state index in [0.717, 1.165) is 28.2 Å². The van der Waals surface area contributed by atoms with Crippen molar-refractivity contribution >= 4 is 45.8 Å². The van der Waals surface area contributed by atoms with Crippen LogP contribution >= 0.6 is 11.3 Å². The third kappa shape index (κ3) is 2.93. The molecule has 1 aliphatic carbocycles. The lowest BCUT2D eigenvalue weighted by Crippen LogP contribution is -2.11. The molecule has 0 saturated heterocycles. The van der Waals surface area contributed by atoms with Gasteiger partial charge < -0.3 is 5.73 Å². The fourth-order valence-electron chi connectivity index (χ4n) is 2.82. The first-order valence-electron chi connectivity index (χ1n) is 8.04. The standard InChI is InChI=1S/C19H15N5OS/c1-10-3-5-13(11(2)7-10)16(25)17-18(20)24-19(26-17)23-12-4-6-14-15(8-12)22-9-21-14/h3-9H,20H2,1-2H3/p+1. The molecule has 1 aromatic carbocycles. The van der Waals surface area contributed by atoms with Crippen molar-refractivity contribution in [3.8, 4) is 0 Å². The van der Waals surface area contributed by atoms with Crippen LogP contribution in [0.5, 0.6) is 0 Å². The number of nitrogen functional groups attached to an aromatic ring is 1. The molecule has 2 aromatic rings. The highest BCUT2D eigenvalue weighted by atomic mass is 32.1. The molecule has 26 heavy (non-hydrogen) atoms. The van der Waals surface area contributed by atoms with Crippen molar-refractivity contribution < 1.29 is 9.78 Å². The van der Waals surface area contributed by atoms with E-state index in [-0.39, 0.29) is 5.78 Å². The van der Waals surface area contributed by atoms with Gasteiger partial charge in [-0.1, -0.05) is 40.1 Å². The molecule has 1 aromatic heterocycles. The van der Waals surface area contributed by atoms with Gasteiger partial charge in [-0.25, -0.2) is 15.0 Å². The molecule has 1 aliphatic heterocycles. The van der Waals surface area contributed by atoms with Crippen molar-refractivity contribution in [1.82, 2.24) is 0 Å². The summed E-state index contributed by atoms with van der Waals surface area (Å²) in [5.74, 6) is 0.230. The fourth-order valence-corrected chi connectivity index (χ4v) is 3.69. The van der Waals surface area contributed by atoms with Gasteiger partial charge in [-0.15, -0.1) is 0 Å². The Morgan fingerprint density at radius 1 is 1.27 bits per heavy atom. The normalized spacial score (nSPS) is 16.6. The number of rotatable bonds is 3.